The van der Waals surface area contributed by atoms with Crippen molar-refractivity contribution in [3.63, 3.8) is 0 Å². The molecule has 10 heteroatoms. The Hall–Kier alpha value is -3.66. The SMILES string of the molecule is O=C(Cn1ccc2c(C3=CCc4ncc(F)cc43)ncnc21)N[C@@H](CO)C(=O)O. The number of aliphatic hydroxyl groups excluding tert-OH is 1. The van der Waals surface area contributed by atoms with E-state index in [2.05, 4.69) is 20.3 Å². The fraction of sp³-hybridized carbons (Fsp3) is 0.211. The lowest BCUT2D eigenvalue weighted by atomic mass is 10.0. The number of hydrogen-bond acceptors (Lipinski definition) is 6. The number of carbonyl (C=O) groups is 2. The third kappa shape index (κ3) is 3.45. The largest absolute Gasteiger partial charge is 0.480 e. The summed E-state index contributed by atoms with van der Waals surface area (Å²) in [6, 6.07) is 1.78. The van der Waals surface area contributed by atoms with Crippen LogP contribution < -0.4 is 5.32 Å². The second-order valence-corrected chi connectivity index (χ2v) is 6.51. The first kappa shape index (κ1) is 18.7. The average molecular weight is 397 g/mol. The van der Waals surface area contributed by atoms with Crippen LogP contribution in [-0.2, 0) is 22.6 Å². The number of aliphatic hydroxyl groups is 1. The summed E-state index contributed by atoms with van der Waals surface area (Å²) in [7, 11) is 0. The lowest BCUT2D eigenvalue weighted by Gasteiger charge is -2.12. The highest BCUT2D eigenvalue weighted by molar-refractivity contribution is 5.95. The number of nitrogens with one attached hydrogen (secondary N) is 1. The third-order valence-electron chi connectivity index (χ3n) is 4.67. The first-order valence-electron chi connectivity index (χ1n) is 8.76. The van der Waals surface area contributed by atoms with Crippen molar-refractivity contribution in [1.29, 1.82) is 0 Å². The van der Waals surface area contributed by atoms with E-state index in [1.54, 1.807) is 16.8 Å². The van der Waals surface area contributed by atoms with E-state index in [1.807, 2.05) is 6.08 Å². The van der Waals surface area contributed by atoms with Crippen LogP contribution in [0.1, 0.15) is 17.0 Å². The number of carboxylic acid groups (broad SMARTS) is 1. The predicted octanol–water partition coefficient (Wildman–Crippen LogP) is 0.515. The molecule has 1 amide bonds. The fourth-order valence-corrected chi connectivity index (χ4v) is 3.32. The molecule has 9 nitrogen and oxygen atoms in total. The number of allylic oxidation sites excluding steroid dienone is 1. The molecule has 0 spiro atoms. The zero-order valence-electron chi connectivity index (χ0n) is 15.0. The Labute approximate surface area is 163 Å². The molecule has 3 N–H and O–H groups in total. The van der Waals surface area contributed by atoms with E-state index in [0.717, 1.165) is 11.3 Å². The Morgan fingerprint density at radius 3 is 2.90 bits per heavy atom. The molecule has 0 bridgehead atoms. The highest BCUT2D eigenvalue weighted by Crippen LogP contribution is 2.34. The number of aromatic nitrogens is 4. The molecule has 0 fully saturated rings. The quantitative estimate of drug-likeness (QED) is 0.553. The van der Waals surface area contributed by atoms with Crippen molar-refractivity contribution in [2.75, 3.05) is 6.61 Å². The number of aliphatic carboxylic acids is 1. The third-order valence-corrected chi connectivity index (χ3v) is 4.67. The minimum absolute atomic E-state index is 0.185. The molecule has 1 atom stereocenters. The smallest absolute Gasteiger partial charge is 0.328 e. The van der Waals surface area contributed by atoms with Gasteiger partial charge in [-0.1, -0.05) is 6.08 Å². The summed E-state index contributed by atoms with van der Waals surface area (Å²) in [5, 5.41) is 20.9. The Morgan fingerprint density at radius 2 is 2.14 bits per heavy atom. The van der Waals surface area contributed by atoms with Crippen LogP contribution in [0.15, 0.2) is 36.9 Å². The Balaban J connectivity index is 1.64. The summed E-state index contributed by atoms with van der Waals surface area (Å²) >= 11 is 0. The summed E-state index contributed by atoms with van der Waals surface area (Å²) in [4.78, 5) is 35.8. The minimum Gasteiger partial charge on any atom is -0.480 e. The molecular formula is C19H16FN5O4. The summed E-state index contributed by atoms with van der Waals surface area (Å²) in [5.41, 5.74) is 3.24. The number of amides is 1. The molecule has 3 aromatic heterocycles. The summed E-state index contributed by atoms with van der Waals surface area (Å²) in [5.74, 6) is -2.34. The van der Waals surface area contributed by atoms with Gasteiger partial charge in [0.2, 0.25) is 5.91 Å². The van der Waals surface area contributed by atoms with Crippen molar-refractivity contribution in [3.05, 3.63) is 59.7 Å². The molecule has 29 heavy (non-hydrogen) atoms. The Morgan fingerprint density at radius 1 is 1.31 bits per heavy atom. The maximum Gasteiger partial charge on any atom is 0.328 e. The molecule has 148 valence electrons. The van der Waals surface area contributed by atoms with Gasteiger partial charge in [0, 0.05) is 29.1 Å². The lowest BCUT2D eigenvalue weighted by Crippen LogP contribution is -2.44. The topological polar surface area (TPSA) is 130 Å². The highest BCUT2D eigenvalue weighted by Gasteiger charge is 2.23. The van der Waals surface area contributed by atoms with Crippen LogP contribution in [0.25, 0.3) is 16.6 Å². The van der Waals surface area contributed by atoms with Gasteiger partial charge in [-0.05, 0) is 12.1 Å². The van der Waals surface area contributed by atoms with Crippen LogP contribution in [0.5, 0.6) is 0 Å². The fourth-order valence-electron chi connectivity index (χ4n) is 3.32. The molecule has 0 saturated heterocycles. The van der Waals surface area contributed by atoms with Crippen molar-refractivity contribution < 1.29 is 24.2 Å². The Kier molecular flexibility index (Phi) is 4.77. The summed E-state index contributed by atoms with van der Waals surface area (Å²) in [6.45, 7) is -0.895. The van der Waals surface area contributed by atoms with Gasteiger partial charge in [-0.25, -0.2) is 19.2 Å². The normalized spacial score (nSPS) is 13.8. The minimum atomic E-state index is -1.38. The first-order chi connectivity index (χ1) is 14.0. The van der Waals surface area contributed by atoms with Crippen molar-refractivity contribution in [3.8, 4) is 0 Å². The van der Waals surface area contributed by atoms with Gasteiger partial charge in [0.15, 0.2) is 0 Å². The summed E-state index contributed by atoms with van der Waals surface area (Å²) < 4.78 is 15.2. The van der Waals surface area contributed by atoms with E-state index in [0.29, 0.717) is 28.7 Å². The zero-order chi connectivity index (χ0) is 20.5. The van der Waals surface area contributed by atoms with E-state index >= 15 is 0 Å². The number of nitrogens with zero attached hydrogens (tertiary/aromatic N) is 4. The Bertz CT molecular complexity index is 1160. The van der Waals surface area contributed by atoms with Gasteiger partial charge in [0.1, 0.15) is 30.4 Å². The number of carboxylic acids is 1. The second-order valence-electron chi connectivity index (χ2n) is 6.51. The van der Waals surface area contributed by atoms with E-state index in [-0.39, 0.29) is 6.54 Å². The molecule has 1 aliphatic rings. The first-order valence-corrected chi connectivity index (χ1v) is 8.76. The molecule has 3 aromatic rings. The number of pyridine rings is 1. The number of halogens is 1. The molecule has 0 aromatic carbocycles. The molecule has 0 unspecified atom stereocenters. The number of carbonyl (C=O) groups excluding carboxylic acids is 1. The van der Waals surface area contributed by atoms with Crippen LogP contribution in [0, 0.1) is 5.82 Å². The van der Waals surface area contributed by atoms with Crippen LogP contribution in [0.2, 0.25) is 0 Å². The maximum absolute atomic E-state index is 13.7. The van der Waals surface area contributed by atoms with Gasteiger partial charge < -0.3 is 20.1 Å². The molecule has 3 heterocycles. The van der Waals surface area contributed by atoms with Gasteiger partial charge in [-0.3, -0.25) is 9.78 Å². The summed E-state index contributed by atoms with van der Waals surface area (Å²) in [6.07, 6.45) is 6.65. The second kappa shape index (κ2) is 7.40. The van der Waals surface area contributed by atoms with Crippen molar-refractivity contribution in [2.24, 2.45) is 0 Å². The molecule has 1 aliphatic carbocycles. The lowest BCUT2D eigenvalue weighted by molar-refractivity contribution is -0.143. The van der Waals surface area contributed by atoms with Crippen LogP contribution in [0.3, 0.4) is 0 Å². The van der Waals surface area contributed by atoms with Gasteiger partial charge in [0.05, 0.1) is 24.2 Å². The number of hydrogen-bond donors (Lipinski definition) is 3. The number of fused-ring (bicyclic) bond motifs is 2. The van der Waals surface area contributed by atoms with E-state index in [4.69, 9.17) is 10.2 Å². The standard InChI is InChI=1S/C19H16FN5O4/c20-10-5-13-11(1-2-14(13)21-6-10)17-12-3-4-25(18(12)23-9-22-17)7-16(27)24-15(8-26)19(28)29/h1,3-6,9,15,26H,2,7-8H2,(H,24,27)(H,28,29)/t15-/m0/s1. The predicted molar refractivity (Wildman–Crippen MR) is 99.2 cm³/mol. The van der Waals surface area contributed by atoms with Gasteiger partial charge >= 0.3 is 5.97 Å². The van der Waals surface area contributed by atoms with E-state index < -0.39 is 30.3 Å². The monoisotopic (exact) mass is 397 g/mol. The van der Waals surface area contributed by atoms with Gasteiger partial charge in [-0.15, -0.1) is 0 Å². The number of rotatable bonds is 6. The molecule has 4 rings (SSSR count). The van der Waals surface area contributed by atoms with Crippen LogP contribution in [-0.4, -0.2) is 54.3 Å². The van der Waals surface area contributed by atoms with Gasteiger partial charge in [0.25, 0.3) is 0 Å². The average Bonchev–Trinajstić information content (AvgIpc) is 3.29. The van der Waals surface area contributed by atoms with Crippen molar-refractivity contribution in [2.45, 2.75) is 19.0 Å². The van der Waals surface area contributed by atoms with Crippen LogP contribution >= 0.6 is 0 Å². The van der Waals surface area contributed by atoms with Gasteiger partial charge in [-0.2, -0.15) is 0 Å². The van der Waals surface area contributed by atoms with E-state index in [9.17, 15) is 14.0 Å². The van der Waals surface area contributed by atoms with Crippen molar-refractivity contribution >= 4 is 28.5 Å². The molecule has 0 aliphatic heterocycles. The maximum atomic E-state index is 13.7. The molecule has 0 saturated carbocycles. The van der Waals surface area contributed by atoms with Crippen LogP contribution in [0.4, 0.5) is 4.39 Å². The molecular weight excluding hydrogens is 381 g/mol. The van der Waals surface area contributed by atoms with Crippen molar-refractivity contribution in [1.82, 2.24) is 24.8 Å². The zero-order valence-corrected chi connectivity index (χ0v) is 15.0. The van der Waals surface area contributed by atoms with E-state index in [1.165, 1.54) is 18.6 Å². The molecule has 0 radical (unpaired) electrons. The highest BCUT2D eigenvalue weighted by atomic mass is 19.1.